The Kier molecular flexibility index (Phi) is 5.79. The molecule has 0 atom stereocenters. The summed E-state index contributed by atoms with van der Waals surface area (Å²) >= 11 is 0. The van der Waals surface area contributed by atoms with Gasteiger partial charge in [-0.2, -0.15) is 0 Å². The number of hydrogen-bond donors (Lipinski definition) is 1. The molecular weight excluding hydrogens is 356 g/mol. The van der Waals surface area contributed by atoms with Gasteiger partial charge in [-0.15, -0.1) is 0 Å². The van der Waals surface area contributed by atoms with E-state index in [4.69, 9.17) is 0 Å². The van der Waals surface area contributed by atoms with Crippen LogP contribution in [0.15, 0.2) is 23.1 Å². The Morgan fingerprint density at radius 2 is 1.85 bits per heavy atom. The average Bonchev–Trinajstić information content (AvgIpc) is 2.62. The molecule has 1 N–H and O–H groups in total. The van der Waals surface area contributed by atoms with Crippen molar-refractivity contribution >= 4 is 21.2 Å². The van der Waals surface area contributed by atoms with Crippen LogP contribution in [0.4, 0.5) is 11.4 Å². The molecule has 0 spiro atoms. The maximum atomic E-state index is 11.7. The summed E-state index contributed by atoms with van der Waals surface area (Å²) in [6, 6.07) is 4.20. The van der Waals surface area contributed by atoms with E-state index < -0.39 is 14.8 Å². The van der Waals surface area contributed by atoms with Crippen molar-refractivity contribution in [3.8, 4) is 0 Å². The van der Waals surface area contributed by atoms with Crippen molar-refractivity contribution in [3.05, 3.63) is 28.3 Å². The number of rotatable bonds is 5. The Bertz CT molecular complexity index is 754. The predicted molar refractivity (Wildman–Crippen MR) is 100 cm³/mol. The van der Waals surface area contributed by atoms with Crippen molar-refractivity contribution in [2.45, 2.75) is 17.7 Å². The van der Waals surface area contributed by atoms with Gasteiger partial charge in [0.15, 0.2) is 9.84 Å². The molecule has 1 aromatic rings. The number of nitrogens with zero attached hydrogens (tertiary/aromatic N) is 3. The Hall–Kier alpha value is -1.71. The van der Waals surface area contributed by atoms with Crippen LogP contribution in [0.5, 0.6) is 0 Å². The number of anilines is 1. The largest absolute Gasteiger partial charge is 0.363 e. The maximum absolute atomic E-state index is 11.7. The summed E-state index contributed by atoms with van der Waals surface area (Å²) in [5.74, 6) is 0.728. The highest BCUT2D eigenvalue weighted by atomic mass is 32.2. The van der Waals surface area contributed by atoms with Crippen molar-refractivity contribution in [1.29, 1.82) is 0 Å². The number of piperidine rings is 1. The van der Waals surface area contributed by atoms with Crippen molar-refractivity contribution in [1.82, 2.24) is 10.2 Å². The molecule has 0 aromatic heterocycles. The molecule has 2 heterocycles. The number of benzene rings is 1. The first kappa shape index (κ1) is 19.1. The normalized spacial score (nSPS) is 20.3. The highest BCUT2D eigenvalue weighted by molar-refractivity contribution is 7.90. The van der Waals surface area contributed by atoms with Crippen molar-refractivity contribution < 1.29 is 13.3 Å². The van der Waals surface area contributed by atoms with E-state index in [-0.39, 0.29) is 10.6 Å². The molecule has 2 aliphatic rings. The summed E-state index contributed by atoms with van der Waals surface area (Å²) < 4.78 is 23.4. The van der Waals surface area contributed by atoms with E-state index in [1.807, 2.05) is 4.90 Å². The van der Waals surface area contributed by atoms with Crippen LogP contribution >= 0.6 is 0 Å². The monoisotopic (exact) mass is 382 g/mol. The van der Waals surface area contributed by atoms with E-state index in [1.165, 1.54) is 25.0 Å². The fraction of sp³-hybridized carbons (Fsp3) is 0.647. The van der Waals surface area contributed by atoms with Gasteiger partial charge in [0.2, 0.25) is 0 Å². The number of hydrogen-bond acceptors (Lipinski definition) is 7. The van der Waals surface area contributed by atoms with Gasteiger partial charge in [-0.3, -0.25) is 15.0 Å². The topological polar surface area (TPSA) is 95.8 Å². The Morgan fingerprint density at radius 3 is 2.42 bits per heavy atom. The molecule has 2 aliphatic heterocycles. The minimum atomic E-state index is -3.47. The Balaban J connectivity index is 1.67. The van der Waals surface area contributed by atoms with Crippen molar-refractivity contribution in [3.63, 3.8) is 0 Å². The van der Waals surface area contributed by atoms with E-state index in [2.05, 4.69) is 10.2 Å². The zero-order valence-electron chi connectivity index (χ0n) is 15.1. The van der Waals surface area contributed by atoms with Gasteiger partial charge in [0.05, 0.1) is 9.82 Å². The zero-order chi connectivity index (χ0) is 18.7. The van der Waals surface area contributed by atoms with Gasteiger partial charge in [-0.25, -0.2) is 8.42 Å². The summed E-state index contributed by atoms with van der Waals surface area (Å²) in [4.78, 5) is 15.4. The number of nitrogens with one attached hydrogen (secondary N) is 1. The highest BCUT2D eigenvalue weighted by Gasteiger charge is 2.26. The molecule has 0 saturated carbocycles. The number of piperazine rings is 1. The summed E-state index contributed by atoms with van der Waals surface area (Å²) in [6.07, 6.45) is 3.47. The summed E-state index contributed by atoms with van der Waals surface area (Å²) in [5.41, 5.74) is 0.364. The summed E-state index contributed by atoms with van der Waals surface area (Å²) in [5, 5.41) is 14.8. The molecule has 144 valence electrons. The third kappa shape index (κ3) is 4.52. The van der Waals surface area contributed by atoms with Crippen LogP contribution in [0.2, 0.25) is 0 Å². The third-order valence-electron chi connectivity index (χ3n) is 5.26. The molecule has 26 heavy (non-hydrogen) atoms. The minimum absolute atomic E-state index is 0.0162. The van der Waals surface area contributed by atoms with Crippen LogP contribution in [0.1, 0.15) is 12.8 Å². The zero-order valence-corrected chi connectivity index (χ0v) is 15.9. The van der Waals surface area contributed by atoms with E-state index in [0.29, 0.717) is 18.8 Å². The molecule has 9 heteroatoms. The first-order valence-corrected chi connectivity index (χ1v) is 10.9. The van der Waals surface area contributed by atoms with Crippen LogP contribution in [-0.2, 0) is 9.84 Å². The Morgan fingerprint density at radius 1 is 1.19 bits per heavy atom. The molecule has 1 aromatic carbocycles. The first-order chi connectivity index (χ1) is 12.3. The van der Waals surface area contributed by atoms with E-state index >= 15 is 0 Å². The van der Waals surface area contributed by atoms with Gasteiger partial charge in [0, 0.05) is 45.0 Å². The predicted octanol–water partition coefficient (Wildman–Crippen LogP) is 1.12. The van der Waals surface area contributed by atoms with Gasteiger partial charge >= 0.3 is 0 Å². The molecular formula is C17H26N4O4S. The lowest BCUT2D eigenvalue weighted by Crippen LogP contribution is -2.48. The van der Waals surface area contributed by atoms with Crippen molar-refractivity contribution in [2.75, 3.05) is 57.0 Å². The second-order valence-corrected chi connectivity index (χ2v) is 9.18. The van der Waals surface area contributed by atoms with E-state index in [0.717, 1.165) is 44.9 Å². The maximum Gasteiger partial charge on any atom is 0.293 e. The van der Waals surface area contributed by atoms with E-state index in [9.17, 15) is 18.5 Å². The molecule has 0 amide bonds. The average molecular weight is 382 g/mol. The first-order valence-electron chi connectivity index (χ1n) is 9.01. The molecule has 8 nitrogen and oxygen atoms in total. The molecule has 0 bridgehead atoms. The van der Waals surface area contributed by atoms with Gasteiger partial charge in [-0.05, 0) is 44.0 Å². The second kappa shape index (κ2) is 7.89. The SMILES string of the molecule is CS(=O)(=O)c1ccc(N2CCN(CC3CCNCC3)CC2)c([N+](=O)[O-])c1. The van der Waals surface area contributed by atoms with Crippen LogP contribution in [-0.4, -0.2) is 70.3 Å². The van der Waals surface area contributed by atoms with Crippen LogP contribution in [0.25, 0.3) is 0 Å². The fourth-order valence-corrected chi connectivity index (χ4v) is 4.39. The smallest absolute Gasteiger partial charge is 0.293 e. The van der Waals surface area contributed by atoms with Crippen LogP contribution < -0.4 is 10.2 Å². The number of nitro benzene ring substituents is 1. The van der Waals surface area contributed by atoms with Gasteiger partial charge in [-0.1, -0.05) is 0 Å². The van der Waals surface area contributed by atoms with Crippen LogP contribution in [0, 0.1) is 16.0 Å². The minimum Gasteiger partial charge on any atom is -0.363 e. The van der Waals surface area contributed by atoms with Gasteiger partial charge in [0.25, 0.3) is 5.69 Å². The molecule has 3 rings (SSSR count). The van der Waals surface area contributed by atoms with E-state index in [1.54, 1.807) is 6.07 Å². The second-order valence-electron chi connectivity index (χ2n) is 7.16. The standard InChI is InChI=1S/C17H26N4O4S/c1-26(24,25)15-2-3-16(17(12-15)21(22)23)20-10-8-19(9-11-20)13-14-4-6-18-7-5-14/h2-3,12,14,18H,4-11,13H2,1H3. The Labute approximate surface area is 154 Å². The fourth-order valence-electron chi connectivity index (χ4n) is 3.75. The summed E-state index contributed by atoms with van der Waals surface area (Å²) in [7, 11) is -3.47. The molecule has 0 radical (unpaired) electrons. The summed E-state index contributed by atoms with van der Waals surface area (Å²) in [6.45, 7) is 6.43. The molecule has 0 aliphatic carbocycles. The molecule has 2 saturated heterocycles. The lowest BCUT2D eigenvalue weighted by atomic mass is 9.97. The molecule has 2 fully saturated rings. The number of sulfone groups is 1. The van der Waals surface area contributed by atoms with Gasteiger partial charge < -0.3 is 10.2 Å². The van der Waals surface area contributed by atoms with Gasteiger partial charge in [0.1, 0.15) is 5.69 Å². The lowest BCUT2D eigenvalue weighted by molar-refractivity contribution is -0.384. The highest BCUT2D eigenvalue weighted by Crippen LogP contribution is 2.31. The third-order valence-corrected chi connectivity index (χ3v) is 6.37. The lowest BCUT2D eigenvalue weighted by Gasteiger charge is -2.38. The molecule has 0 unspecified atom stereocenters. The van der Waals surface area contributed by atoms with Crippen LogP contribution in [0.3, 0.4) is 0 Å². The van der Waals surface area contributed by atoms with Crippen molar-refractivity contribution in [2.24, 2.45) is 5.92 Å². The quantitative estimate of drug-likeness (QED) is 0.602. The number of nitro groups is 1.